The Labute approximate surface area is 133 Å². The topological polar surface area (TPSA) is 75.8 Å². The van der Waals surface area contributed by atoms with Crippen molar-refractivity contribution in [2.45, 2.75) is 13.5 Å². The van der Waals surface area contributed by atoms with Crippen LogP contribution in [0.25, 0.3) is 5.76 Å². The lowest BCUT2D eigenvalue weighted by molar-refractivity contribution is -0.385. The average molecular weight is 312 g/mol. The summed E-state index contributed by atoms with van der Waals surface area (Å²) in [6.07, 6.45) is 0. The van der Waals surface area contributed by atoms with Crippen molar-refractivity contribution in [3.8, 4) is 5.75 Å². The van der Waals surface area contributed by atoms with Gasteiger partial charge in [-0.25, -0.2) is 0 Å². The Hall–Kier alpha value is -3.02. The van der Waals surface area contributed by atoms with E-state index in [0.717, 1.165) is 17.0 Å². The molecule has 0 unspecified atom stereocenters. The van der Waals surface area contributed by atoms with Crippen LogP contribution >= 0.6 is 0 Å². The summed E-state index contributed by atoms with van der Waals surface area (Å²) in [4.78, 5) is 12.3. The number of non-ortho nitro benzene ring substituents is 1. The molecule has 0 fully saturated rings. The van der Waals surface area contributed by atoms with Gasteiger partial charge in [-0.1, -0.05) is 30.3 Å². The van der Waals surface area contributed by atoms with E-state index in [1.165, 1.54) is 18.2 Å². The molecule has 0 saturated carbocycles. The first-order chi connectivity index (χ1) is 11.1. The van der Waals surface area contributed by atoms with E-state index in [-0.39, 0.29) is 11.4 Å². The van der Waals surface area contributed by atoms with Gasteiger partial charge in [-0.15, -0.1) is 0 Å². The molecule has 0 bridgehead atoms. The highest BCUT2D eigenvalue weighted by Crippen LogP contribution is 2.32. The lowest BCUT2D eigenvalue weighted by Crippen LogP contribution is -2.18. The van der Waals surface area contributed by atoms with Crippen molar-refractivity contribution >= 4 is 11.4 Å². The maximum absolute atomic E-state index is 10.9. The summed E-state index contributed by atoms with van der Waals surface area (Å²) in [5.74, 6) is 0.826. The number of phenolic OH excluding ortho intramolecular Hbond substituents is 1. The van der Waals surface area contributed by atoms with Crippen LogP contribution in [-0.4, -0.2) is 21.7 Å². The van der Waals surface area contributed by atoms with Crippen molar-refractivity contribution in [1.29, 1.82) is 0 Å². The fourth-order valence-corrected chi connectivity index (χ4v) is 2.55. The molecule has 0 radical (unpaired) electrons. The van der Waals surface area contributed by atoms with Gasteiger partial charge in [-0.3, -0.25) is 10.1 Å². The van der Waals surface area contributed by atoms with Gasteiger partial charge in [-0.05, 0) is 13.0 Å². The molecule has 1 N–H and O–H groups in total. The number of rotatable bonds is 4. The molecule has 0 spiro atoms. The van der Waals surface area contributed by atoms with E-state index >= 15 is 0 Å². The predicted molar refractivity (Wildman–Crippen MR) is 85.3 cm³/mol. The third-order valence-corrected chi connectivity index (χ3v) is 3.84. The number of nitro groups is 1. The highest BCUT2D eigenvalue weighted by atomic mass is 16.6. The van der Waals surface area contributed by atoms with E-state index in [4.69, 9.17) is 4.74 Å². The molecular weight excluding hydrogens is 296 g/mol. The summed E-state index contributed by atoms with van der Waals surface area (Å²) in [5.41, 5.74) is 2.37. The predicted octanol–water partition coefficient (Wildman–Crippen LogP) is 3.48. The van der Waals surface area contributed by atoms with Crippen molar-refractivity contribution in [3.63, 3.8) is 0 Å². The molecule has 1 heterocycles. The summed E-state index contributed by atoms with van der Waals surface area (Å²) >= 11 is 0. The minimum atomic E-state index is -0.471. The lowest BCUT2D eigenvalue weighted by Gasteiger charge is -2.18. The van der Waals surface area contributed by atoms with E-state index in [9.17, 15) is 15.2 Å². The Kier molecular flexibility index (Phi) is 3.89. The maximum Gasteiger partial charge on any atom is 0.270 e. The lowest BCUT2D eigenvalue weighted by atomic mass is 10.1. The molecule has 1 aliphatic heterocycles. The number of phenols is 1. The first kappa shape index (κ1) is 14.9. The van der Waals surface area contributed by atoms with Gasteiger partial charge in [0.25, 0.3) is 5.69 Å². The van der Waals surface area contributed by atoms with E-state index in [2.05, 4.69) is 0 Å². The molecule has 6 heteroatoms. The van der Waals surface area contributed by atoms with Gasteiger partial charge in [0.2, 0.25) is 0 Å². The molecule has 118 valence electrons. The Bertz CT molecular complexity index is 771. The molecule has 0 aromatic heterocycles. The van der Waals surface area contributed by atoms with Crippen LogP contribution in [0.3, 0.4) is 0 Å². The van der Waals surface area contributed by atoms with Gasteiger partial charge in [-0.2, -0.15) is 0 Å². The van der Waals surface area contributed by atoms with Crippen molar-refractivity contribution in [2.24, 2.45) is 0 Å². The van der Waals surface area contributed by atoms with Crippen molar-refractivity contribution in [3.05, 3.63) is 75.5 Å². The first-order valence-corrected chi connectivity index (χ1v) is 7.16. The summed E-state index contributed by atoms with van der Waals surface area (Å²) in [7, 11) is 0. The highest BCUT2D eigenvalue weighted by Gasteiger charge is 2.23. The number of nitrogens with zero attached hydrogens (tertiary/aromatic N) is 2. The van der Waals surface area contributed by atoms with Gasteiger partial charge in [0, 0.05) is 29.8 Å². The summed E-state index contributed by atoms with van der Waals surface area (Å²) < 4.78 is 5.74. The number of aromatic hydroxyl groups is 1. The fraction of sp³-hybridized carbons (Fsp3) is 0.176. The molecule has 2 aromatic carbocycles. The zero-order chi connectivity index (χ0) is 16.4. The minimum Gasteiger partial charge on any atom is -0.508 e. The van der Waals surface area contributed by atoms with Crippen molar-refractivity contribution < 1.29 is 14.8 Å². The number of hydrogen-bond acceptors (Lipinski definition) is 5. The third-order valence-electron chi connectivity index (χ3n) is 3.84. The molecule has 3 rings (SSSR count). The Balaban J connectivity index is 1.86. The number of nitro benzene ring substituents is 1. The molecule has 0 atom stereocenters. The number of allylic oxidation sites excluding steroid dienone is 1. The third kappa shape index (κ3) is 2.96. The largest absolute Gasteiger partial charge is 0.508 e. The van der Waals surface area contributed by atoms with Crippen molar-refractivity contribution in [2.75, 3.05) is 6.73 Å². The molecule has 0 saturated heterocycles. The molecule has 6 nitrogen and oxygen atoms in total. The van der Waals surface area contributed by atoms with Crippen LogP contribution in [0.15, 0.2) is 54.2 Å². The molecule has 2 aromatic rings. The summed E-state index contributed by atoms with van der Waals surface area (Å²) in [6, 6.07) is 13.8. The maximum atomic E-state index is 10.9. The zero-order valence-electron chi connectivity index (χ0n) is 12.6. The van der Waals surface area contributed by atoms with Crippen LogP contribution < -0.4 is 0 Å². The minimum absolute atomic E-state index is 0.0385. The van der Waals surface area contributed by atoms with Crippen LogP contribution in [0, 0.1) is 10.1 Å². The number of benzene rings is 2. The van der Waals surface area contributed by atoms with Crippen LogP contribution in [0.5, 0.6) is 5.75 Å². The Morgan fingerprint density at radius 2 is 2.00 bits per heavy atom. The first-order valence-electron chi connectivity index (χ1n) is 7.16. The second-order valence-electron chi connectivity index (χ2n) is 5.32. The summed E-state index contributed by atoms with van der Waals surface area (Å²) in [5, 5.41) is 20.8. The fourth-order valence-electron chi connectivity index (χ4n) is 2.55. The molecule has 23 heavy (non-hydrogen) atoms. The van der Waals surface area contributed by atoms with Gasteiger partial charge >= 0.3 is 0 Å². The number of hydrogen-bond donors (Lipinski definition) is 1. The average Bonchev–Trinajstić information content (AvgIpc) is 2.91. The highest BCUT2D eigenvalue weighted by molar-refractivity contribution is 5.63. The summed E-state index contributed by atoms with van der Waals surface area (Å²) in [6.45, 7) is 2.62. The SMILES string of the molecule is CC1=C(c2ccccc2)OCN1Cc1cc([N+](=O)[O-])ccc1O. The molecule has 0 amide bonds. The van der Waals surface area contributed by atoms with E-state index in [1.807, 2.05) is 42.2 Å². The normalized spacial score (nSPS) is 14.0. The monoisotopic (exact) mass is 312 g/mol. The molecular formula is C17H16N2O4. The van der Waals surface area contributed by atoms with E-state index in [1.54, 1.807) is 0 Å². The van der Waals surface area contributed by atoms with E-state index in [0.29, 0.717) is 18.8 Å². The smallest absolute Gasteiger partial charge is 0.270 e. The number of ether oxygens (including phenoxy) is 1. The van der Waals surface area contributed by atoms with Crippen LogP contribution in [0.4, 0.5) is 5.69 Å². The van der Waals surface area contributed by atoms with Crippen LogP contribution in [-0.2, 0) is 11.3 Å². The van der Waals surface area contributed by atoms with Gasteiger partial charge in [0.15, 0.2) is 6.73 Å². The van der Waals surface area contributed by atoms with Crippen LogP contribution in [0.2, 0.25) is 0 Å². The van der Waals surface area contributed by atoms with Gasteiger partial charge in [0.05, 0.1) is 10.6 Å². The second-order valence-corrected chi connectivity index (χ2v) is 5.32. The Morgan fingerprint density at radius 3 is 2.70 bits per heavy atom. The molecule has 0 aliphatic carbocycles. The molecule has 1 aliphatic rings. The zero-order valence-corrected chi connectivity index (χ0v) is 12.6. The van der Waals surface area contributed by atoms with Crippen molar-refractivity contribution in [1.82, 2.24) is 4.90 Å². The van der Waals surface area contributed by atoms with Crippen LogP contribution in [0.1, 0.15) is 18.1 Å². The Morgan fingerprint density at radius 1 is 1.26 bits per heavy atom. The van der Waals surface area contributed by atoms with Gasteiger partial charge in [0.1, 0.15) is 11.5 Å². The standard InChI is InChI=1S/C17H16N2O4/c1-12-17(13-5-3-2-4-6-13)23-11-18(12)10-14-9-15(19(21)22)7-8-16(14)20/h2-9,20H,10-11H2,1H3. The van der Waals surface area contributed by atoms with Gasteiger partial charge < -0.3 is 14.7 Å². The quantitative estimate of drug-likeness (QED) is 0.691. The second kappa shape index (κ2) is 6.00. The van der Waals surface area contributed by atoms with E-state index < -0.39 is 4.92 Å².